The summed E-state index contributed by atoms with van der Waals surface area (Å²) in [5.74, 6) is -0.115. The summed E-state index contributed by atoms with van der Waals surface area (Å²) in [6, 6.07) is 18.0. The van der Waals surface area contributed by atoms with Gasteiger partial charge in [-0.3, -0.25) is 4.79 Å². The van der Waals surface area contributed by atoms with Crippen molar-refractivity contribution in [1.82, 2.24) is 5.32 Å². The molecule has 1 N–H and O–H groups in total. The summed E-state index contributed by atoms with van der Waals surface area (Å²) in [6.45, 7) is 0. The van der Waals surface area contributed by atoms with Gasteiger partial charge in [-0.05, 0) is 82.4 Å². The fourth-order valence-corrected chi connectivity index (χ4v) is 4.61. The number of aliphatic imine (C=N–C) groups is 1. The van der Waals surface area contributed by atoms with Crippen LogP contribution in [0.5, 0.6) is 0 Å². The van der Waals surface area contributed by atoms with Crippen molar-refractivity contribution in [1.29, 1.82) is 0 Å². The summed E-state index contributed by atoms with van der Waals surface area (Å²) < 4.78 is 0. The minimum absolute atomic E-state index is 0.115. The van der Waals surface area contributed by atoms with Crippen LogP contribution in [0.3, 0.4) is 0 Å². The van der Waals surface area contributed by atoms with E-state index in [0.29, 0.717) is 15.1 Å². The highest BCUT2D eigenvalue weighted by Gasteiger charge is 2.24. The molecule has 5 rings (SSSR count). The second kappa shape index (κ2) is 6.55. The van der Waals surface area contributed by atoms with E-state index >= 15 is 0 Å². The summed E-state index contributed by atoms with van der Waals surface area (Å²) in [5, 5.41) is 6.65. The second-order valence-corrected chi connectivity index (χ2v) is 8.08. The molecule has 1 amide bonds. The number of thioether (sulfide) groups is 1. The van der Waals surface area contributed by atoms with Crippen LogP contribution in [0.1, 0.15) is 16.7 Å². The van der Waals surface area contributed by atoms with Crippen LogP contribution in [0, 0.1) is 0 Å². The van der Waals surface area contributed by atoms with E-state index in [9.17, 15) is 4.79 Å². The summed E-state index contributed by atoms with van der Waals surface area (Å²) in [4.78, 5) is 17.6. The van der Waals surface area contributed by atoms with Gasteiger partial charge in [-0.2, -0.15) is 0 Å². The van der Waals surface area contributed by atoms with E-state index < -0.39 is 0 Å². The van der Waals surface area contributed by atoms with E-state index in [-0.39, 0.29) is 5.91 Å². The minimum atomic E-state index is -0.115. The number of amidine groups is 1. The quantitative estimate of drug-likeness (QED) is 0.588. The molecule has 3 aromatic rings. The van der Waals surface area contributed by atoms with Crippen LogP contribution in [0.4, 0.5) is 5.69 Å². The molecule has 3 aromatic carbocycles. The Bertz CT molecular complexity index is 1140. The third-order valence-electron chi connectivity index (χ3n) is 4.91. The highest BCUT2D eigenvalue weighted by atomic mass is 35.5. The Morgan fingerprint density at radius 2 is 1.78 bits per heavy atom. The van der Waals surface area contributed by atoms with E-state index in [0.717, 1.165) is 24.1 Å². The van der Waals surface area contributed by atoms with Gasteiger partial charge >= 0.3 is 0 Å². The average Bonchev–Trinajstić information content (AvgIpc) is 3.24. The maximum atomic E-state index is 12.4. The zero-order valence-electron chi connectivity index (χ0n) is 14.3. The highest BCUT2D eigenvalue weighted by Crippen LogP contribution is 2.35. The number of nitrogens with zero attached hydrogens (tertiary/aromatic N) is 1. The lowest BCUT2D eigenvalue weighted by atomic mass is 9.99. The van der Waals surface area contributed by atoms with Gasteiger partial charge < -0.3 is 5.32 Å². The van der Waals surface area contributed by atoms with E-state index in [1.54, 1.807) is 12.1 Å². The molecule has 27 heavy (non-hydrogen) atoms. The molecular weight excluding hydrogens is 376 g/mol. The van der Waals surface area contributed by atoms with Crippen LogP contribution < -0.4 is 5.32 Å². The van der Waals surface area contributed by atoms with Gasteiger partial charge in [-0.25, -0.2) is 4.99 Å². The van der Waals surface area contributed by atoms with Crippen LogP contribution in [0.25, 0.3) is 16.8 Å². The van der Waals surface area contributed by atoms with Crippen molar-refractivity contribution in [2.45, 2.75) is 12.8 Å². The van der Waals surface area contributed by atoms with Gasteiger partial charge in [0.15, 0.2) is 5.17 Å². The normalized spacial score (nSPS) is 18.6. The molecule has 0 saturated carbocycles. The Morgan fingerprint density at radius 3 is 2.59 bits per heavy atom. The molecule has 1 heterocycles. The molecule has 1 saturated heterocycles. The average molecular weight is 391 g/mol. The predicted molar refractivity (Wildman–Crippen MR) is 114 cm³/mol. The molecule has 1 fully saturated rings. The smallest absolute Gasteiger partial charge is 0.264 e. The number of carbonyl (C=O) groups is 1. The molecule has 132 valence electrons. The number of halogens is 1. The summed E-state index contributed by atoms with van der Waals surface area (Å²) in [6.07, 6.45) is 4.16. The SMILES string of the molecule is O=C1NC(=Nc2ccc(Cl)cc2)S/C1=C\c1ccc2c3c(cccc13)CC2. The summed E-state index contributed by atoms with van der Waals surface area (Å²) in [5.41, 5.74) is 4.63. The Morgan fingerprint density at radius 1 is 1.00 bits per heavy atom. The first-order valence-electron chi connectivity index (χ1n) is 8.76. The molecule has 1 aliphatic heterocycles. The van der Waals surface area contributed by atoms with Crippen molar-refractivity contribution in [3.8, 4) is 0 Å². The molecular formula is C22H15ClN2OS. The largest absolute Gasteiger partial charge is 0.300 e. The van der Waals surface area contributed by atoms with E-state index in [4.69, 9.17) is 11.6 Å². The van der Waals surface area contributed by atoms with Crippen molar-refractivity contribution in [2.75, 3.05) is 0 Å². The second-order valence-electron chi connectivity index (χ2n) is 6.61. The molecule has 0 aromatic heterocycles. The van der Waals surface area contributed by atoms with Gasteiger partial charge in [-0.1, -0.05) is 41.9 Å². The molecule has 0 atom stereocenters. The van der Waals surface area contributed by atoms with Gasteiger partial charge in [0.1, 0.15) is 0 Å². The summed E-state index contributed by atoms with van der Waals surface area (Å²) in [7, 11) is 0. The highest BCUT2D eigenvalue weighted by molar-refractivity contribution is 8.18. The molecule has 0 radical (unpaired) electrons. The lowest BCUT2D eigenvalue weighted by molar-refractivity contribution is -0.115. The predicted octanol–water partition coefficient (Wildman–Crippen LogP) is 5.48. The Hall–Kier alpha value is -2.56. The third-order valence-corrected chi connectivity index (χ3v) is 6.07. The first-order valence-corrected chi connectivity index (χ1v) is 9.95. The van der Waals surface area contributed by atoms with Crippen molar-refractivity contribution in [2.24, 2.45) is 4.99 Å². The Kier molecular flexibility index (Phi) is 4.03. The van der Waals surface area contributed by atoms with E-state index in [1.807, 2.05) is 18.2 Å². The monoisotopic (exact) mass is 390 g/mol. The molecule has 5 heteroatoms. The number of hydrogen-bond acceptors (Lipinski definition) is 3. The van der Waals surface area contributed by atoms with Gasteiger partial charge in [0.2, 0.25) is 0 Å². The van der Waals surface area contributed by atoms with Crippen LogP contribution in [0.15, 0.2) is 64.5 Å². The maximum absolute atomic E-state index is 12.4. The number of rotatable bonds is 2. The standard InChI is InChI=1S/C22H15ClN2OS/c23-16-8-10-17(11-9-16)24-22-25-21(26)19(27-22)12-15-7-6-14-5-4-13-2-1-3-18(15)20(13)14/h1-3,6-12H,4-5H2,(H,24,25,26)/b19-12-. The van der Waals surface area contributed by atoms with Gasteiger partial charge in [0.25, 0.3) is 5.91 Å². The van der Waals surface area contributed by atoms with Crippen molar-refractivity contribution in [3.63, 3.8) is 0 Å². The van der Waals surface area contributed by atoms with Crippen molar-refractivity contribution < 1.29 is 4.79 Å². The molecule has 3 nitrogen and oxygen atoms in total. The van der Waals surface area contributed by atoms with Gasteiger partial charge in [0, 0.05) is 5.02 Å². The number of hydrogen-bond donors (Lipinski definition) is 1. The van der Waals surface area contributed by atoms with Crippen LogP contribution in [-0.4, -0.2) is 11.1 Å². The van der Waals surface area contributed by atoms with Crippen LogP contribution in [0.2, 0.25) is 5.02 Å². The number of amides is 1. The minimum Gasteiger partial charge on any atom is -0.300 e. The van der Waals surface area contributed by atoms with Crippen LogP contribution >= 0.6 is 23.4 Å². The topological polar surface area (TPSA) is 41.5 Å². The third kappa shape index (κ3) is 3.05. The molecule has 0 bridgehead atoms. The zero-order valence-corrected chi connectivity index (χ0v) is 15.9. The van der Waals surface area contributed by atoms with E-state index in [2.05, 4.69) is 40.6 Å². The zero-order chi connectivity index (χ0) is 18.4. The summed E-state index contributed by atoms with van der Waals surface area (Å²) >= 11 is 7.27. The molecule has 0 spiro atoms. The first kappa shape index (κ1) is 16.6. The lowest BCUT2D eigenvalue weighted by Gasteiger charge is -2.06. The molecule has 2 aliphatic rings. The fraction of sp³-hybridized carbons (Fsp3) is 0.0909. The molecule has 0 unspecified atom stereocenters. The molecule has 1 aliphatic carbocycles. The Balaban J connectivity index is 1.51. The maximum Gasteiger partial charge on any atom is 0.264 e. The number of aryl methyl sites for hydroxylation is 2. The number of nitrogens with one attached hydrogen (secondary N) is 1. The van der Waals surface area contributed by atoms with Gasteiger partial charge in [0.05, 0.1) is 10.6 Å². The van der Waals surface area contributed by atoms with Crippen molar-refractivity contribution in [3.05, 3.63) is 81.2 Å². The Labute approximate surface area is 166 Å². The number of carbonyl (C=O) groups excluding carboxylic acids is 1. The number of benzene rings is 3. The first-order chi connectivity index (χ1) is 13.2. The lowest BCUT2D eigenvalue weighted by Crippen LogP contribution is -2.19. The van der Waals surface area contributed by atoms with E-state index in [1.165, 1.54) is 33.7 Å². The fourth-order valence-electron chi connectivity index (χ4n) is 3.65. The van der Waals surface area contributed by atoms with Crippen molar-refractivity contribution >= 4 is 57.0 Å². The van der Waals surface area contributed by atoms with Gasteiger partial charge in [-0.15, -0.1) is 0 Å². The van der Waals surface area contributed by atoms with Crippen LogP contribution in [-0.2, 0) is 17.6 Å².